The third-order valence-electron chi connectivity index (χ3n) is 8.25. The summed E-state index contributed by atoms with van der Waals surface area (Å²) in [5.74, 6) is 2.20. The molecule has 0 radical (unpaired) electrons. The molecule has 1 atom stereocenters. The number of hydrogen-bond acceptors (Lipinski definition) is 4. The molecule has 0 spiro atoms. The Balaban J connectivity index is 1.53. The van der Waals surface area contributed by atoms with Gasteiger partial charge in [-0.2, -0.15) is 0 Å². The first-order chi connectivity index (χ1) is 18.1. The molecule has 0 saturated heterocycles. The van der Waals surface area contributed by atoms with Crippen LogP contribution in [0.2, 0.25) is 0 Å². The Morgan fingerprint density at radius 3 is 1.97 bits per heavy atom. The lowest BCUT2D eigenvalue weighted by atomic mass is 9.77. The molecule has 184 valence electrons. The van der Waals surface area contributed by atoms with E-state index in [4.69, 9.17) is 4.74 Å². The average molecular weight is 489 g/mol. The fourth-order valence-electron chi connectivity index (χ4n) is 6.46. The molecule has 1 unspecified atom stereocenters. The smallest absolute Gasteiger partial charge is 0.132 e. The zero-order valence-electron chi connectivity index (χ0n) is 20.4. The van der Waals surface area contributed by atoms with Gasteiger partial charge in [-0.1, -0.05) is 55.7 Å². The molecule has 5 aromatic rings. The van der Waals surface area contributed by atoms with Gasteiger partial charge in [0.1, 0.15) is 28.7 Å². The highest BCUT2D eigenvalue weighted by molar-refractivity contribution is 5.95. The molecule has 1 saturated carbocycles. The van der Waals surface area contributed by atoms with Gasteiger partial charge in [-0.25, -0.2) is 0 Å². The number of benzene rings is 5. The number of hydrogen-bond donors (Lipinski definition) is 3. The molecule has 0 aromatic heterocycles. The molecule has 1 aliphatic heterocycles. The van der Waals surface area contributed by atoms with Gasteiger partial charge in [-0.3, -0.25) is 0 Å². The number of phenolic OH excluding ortho intramolecular Hbond substituents is 3. The maximum absolute atomic E-state index is 11.3. The van der Waals surface area contributed by atoms with Gasteiger partial charge in [-0.15, -0.1) is 0 Å². The maximum atomic E-state index is 11.3. The van der Waals surface area contributed by atoms with Crippen LogP contribution in [0, 0.1) is 0 Å². The minimum Gasteiger partial charge on any atom is -0.508 e. The maximum Gasteiger partial charge on any atom is 0.132 e. The second kappa shape index (κ2) is 8.45. The monoisotopic (exact) mass is 488 g/mol. The highest BCUT2D eigenvalue weighted by Gasteiger charge is 2.34. The van der Waals surface area contributed by atoms with Gasteiger partial charge < -0.3 is 20.1 Å². The molecular weight excluding hydrogens is 460 g/mol. The van der Waals surface area contributed by atoms with Crippen molar-refractivity contribution in [2.45, 2.75) is 43.9 Å². The Bertz CT molecular complexity index is 1620. The third-order valence-corrected chi connectivity index (χ3v) is 8.25. The molecule has 4 nitrogen and oxygen atoms in total. The molecule has 4 heteroatoms. The normalized spacial score (nSPS) is 17.4. The number of aromatic hydroxyl groups is 3. The van der Waals surface area contributed by atoms with Gasteiger partial charge in [0, 0.05) is 22.6 Å². The van der Waals surface area contributed by atoms with Crippen molar-refractivity contribution in [3.8, 4) is 28.7 Å². The standard InChI is InChI=1S/C33H28O4/c34-23-11-6-20-9-14-28(36)31(26(20)17-23)33-25-13-8-22(19-4-2-1-3-5-19)16-30(25)37-29-15-10-21-7-12-24(35)18-27(21)32(29)33/h6-19,33-36H,1-5H2. The zero-order valence-corrected chi connectivity index (χ0v) is 20.4. The van der Waals surface area contributed by atoms with Crippen LogP contribution in [0.4, 0.5) is 0 Å². The minimum atomic E-state index is -0.352. The summed E-state index contributed by atoms with van der Waals surface area (Å²) >= 11 is 0. The topological polar surface area (TPSA) is 69.9 Å². The lowest BCUT2D eigenvalue weighted by Gasteiger charge is -2.32. The summed E-state index contributed by atoms with van der Waals surface area (Å²) in [5, 5.41) is 35.7. The number of ether oxygens (including phenoxy) is 1. The summed E-state index contributed by atoms with van der Waals surface area (Å²) in [6.45, 7) is 0. The summed E-state index contributed by atoms with van der Waals surface area (Å²) in [7, 11) is 0. The highest BCUT2D eigenvalue weighted by Crippen LogP contribution is 2.54. The van der Waals surface area contributed by atoms with Crippen molar-refractivity contribution in [1.82, 2.24) is 0 Å². The fourth-order valence-corrected chi connectivity index (χ4v) is 6.46. The summed E-state index contributed by atoms with van der Waals surface area (Å²) in [6, 6.07) is 24.8. The van der Waals surface area contributed by atoms with E-state index in [2.05, 4.69) is 18.2 Å². The van der Waals surface area contributed by atoms with Crippen molar-refractivity contribution in [2.24, 2.45) is 0 Å². The summed E-state index contributed by atoms with van der Waals surface area (Å²) in [5.41, 5.74) is 3.89. The molecule has 0 amide bonds. The van der Waals surface area contributed by atoms with E-state index in [0.717, 1.165) is 44.0 Å². The summed E-state index contributed by atoms with van der Waals surface area (Å²) in [6.07, 6.45) is 6.23. The lowest BCUT2D eigenvalue weighted by molar-refractivity contribution is 0.431. The molecule has 1 heterocycles. The molecule has 37 heavy (non-hydrogen) atoms. The van der Waals surface area contributed by atoms with Crippen molar-refractivity contribution in [2.75, 3.05) is 0 Å². The van der Waals surface area contributed by atoms with Crippen LogP contribution in [0.3, 0.4) is 0 Å². The van der Waals surface area contributed by atoms with Gasteiger partial charge >= 0.3 is 0 Å². The number of fused-ring (bicyclic) bond motifs is 5. The Morgan fingerprint density at radius 2 is 1.24 bits per heavy atom. The van der Waals surface area contributed by atoms with E-state index in [9.17, 15) is 15.3 Å². The van der Waals surface area contributed by atoms with E-state index in [-0.39, 0.29) is 23.2 Å². The molecule has 1 aliphatic carbocycles. The molecule has 1 fully saturated rings. The Kier molecular flexibility index (Phi) is 5.03. The van der Waals surface area contributed by atoms with E-state index in [1.807, 2.05) is 30.3 Å². The first kappa shape index (κ1) is 22.1. The molecule has 3 N–H and O–H groups in total. The third kappa shape index (κ3) is 3.59. The molecular formula is C33H28O4. The predicted molar refractivity (Wildman–Crippen MR) is 146 cm³/mol. The van der Waals surface area contributed by atoms with Gasteiger partial charge in [0.25, 0.3) is 0 Å². The first-order valence-electron chi connectivity index (χ1n) is 13.1. The SMILES string of the molecule is Oc1ccc2ccc(O)c(C3c4ccc(C5CCCCC5)cc4Oc4ccc5ccc(O)cc5c43)c2c1. The quantitative estimate of drug-likeness (QED) is 0.229. The van der Waals surface area contributed by atoms with E-state index in [0.29, 0.717) is 11.7 Å². The van der Waals surface area contributed by atoms with Crippen LogP contribution >= 0.6 is 0 Å². The van der Waals surface area contributed by atoms with E-state index < -0.39 is 0 Å². The van der Waals surface area contributed by atoms with Gasteiger partial charge in [0.05, 0.1) is 0 Å². The van der Waals surface area contributed by atoms with E-state index in [1.165, 1.54) is 37.7 Å². The van der Waals surface area contributed by atoms with Crippen LogP contribution in [-0.2, 0) is 0 Å². The lowest BCUT2D eigenvalue weighted by Crippen LogP contribution is -2.14. The van der Waals surface area contributed by atoms with Crippen LogP contribution in [0.1, 0.15) is 66.2 Å². The molecule has 0 bridgehead atoms. The van der Waals surface area contributed by atoms with Crippen molar-refractivity contribution >= 4 is 21.5 Å². The van der Waals surface area contributed by atoms with Crippen molar-refractivity contribution in [1.29, 1.82) is 0 Å². The molecule has 5 aromatic carbocycles. The fraction of sp³-hybridized carbons (Fsp3) is 0.212. The first-order valence-corrected chi connectivity index (χ1v) is 13.1. The van der Waals surface area contributed by atoms with Crippen LogP contribution < -0.4 is 4.74 Å². The summed E-state index contributed by atoms with van der Waals surface area (Å²) < 4.78 is 6.57. The van der Waals surface area contributed by atoms with Crippen LogP contribution in [0.5, 0.6) is 28.7 Å². The minimum absolute atomic E-state index is 0.148. The Hall–Kier alpha value is -4.18. The largest absolute Gasteiger partial charge is 0.508 e. The van der Waals surface area contributed by atoms with Crippen LogP contribution in [0.15, 0.2) is 78.9 Å². The Morgan fingerprint density at radius 1 is 0.595 bits per heavy atom. The van der Waals surface area contributed by atoms with Crippen molar-refractivity contribution < 1.29 is 20.1 Å². The zero-order chi connectivity index (χ0) is 25.1. The summed E-state index contributed by atoms with van der Waals surface area (Å²) in [4.78, 5) is 0. The van der Waals surface area contributed by atoms with Crippen molar-refractivity contribution in [3.05, 3.63) is 101 Å². The second-order valence-electron chi connectivity index (χ2n) is 10.5. The predicted octanol–water partition coefficient (Wildman–Crippen LogP) is 8.44. The average Bonchev–Trinajstić information content (AvgIpc) is 2.92. The van der Waals surface area contributed by atoms with E-state index >= 15 is 0 Å². The number of rotatable bonds is 2. The second-order valence-corrected chi connectivity index (χ2v) is 10.5. The molecule has 2 aliphatic rings. The van der Waals surface area contributed by atoms with Gasteiger partial charge in [-0.05, 0) is 88.3 Å². The van der Waals surface area contributed by atoms with Gasteiger partial charge in [0.15, 0.2) is 0 Å². The molecule has 7 rings (SSSR count). The van der Waals surface area contributed by atoms with Crippen LogP contribution in [0.25, 0.3) is 21.5 Å². The van der Waals surface area contributed by atoms with Crippen molar-refractivity contribution in [3.63, 3.8) is 0 Å². The number of phenols is 3. The highest BCUT2D eigenvalue weighted by atomic mass is 16.5. The van der Waals surface area contributed by atoms with E-state index in [1.54, 1.807) is 30.3 Å². The van der Waals surface area contributed by atoms with Crippen LogP contribution in [-0.4, -0.2) is 15.3 Å². The Labute approximate surface area is 215 Å². The van der Waals surface area contributed by atoms with Gasteiger partial charge in [0.2, 0.25) is 0 Å².